The van der Waals surface area contributed by atoms with Gasteiger partial charge < -0.3 is 9.47 Å². The van der Waals surface area contributed by atoms with Crippen LogP contribution >= 0.6 is 27.3 Å². The van der Waals surface area contributed by atoms with Crippen molar-refractivity contribution >= 4 is 33.2 Å². The predicted molar refractivity (Wildman–Crippen MR) is 91.0 cm³/mol. The SMILES string of the molecule is Cn1ccnc1CN1CCCN(C(=O)c2ccc(Br)s2)CC1. The molecule has 7 heteroatoms. The maximum absolute atomic E-state index is 12.5. The van der Waals surface area contributed by atoms with Gasteiger partial charge in [-0.3, -0.25) is 9.69 Å². The van der Waals surface area contributed by atoms with Crippen LogP contribution < -0.4 is 0 Å². The summed E-state index contributed by atoms with van der Waals surface area (Å²) in [6, 6.07) is 3.83. The second-order valence-corrected chi connectivity index (χ2v) is 7.94. The average molecular weight is 383 g/mol. The van der Waals surface area contributed by atoms with Crippen LogP contribution in [0.2, 0.25) is 0 Å². The molecular weight excluding hydrogens is 364 g/mol. The molecule has 22 heavy (non-hydrogen) atoms. The number of hydrogen-bond acceptors (Lipinski definition) is 4. The molecule has 0 saturated carbocycles. The Morgan fingerprint density at radius 2 is 2.18 bits per heavy atom. The molecule has 2 aromatic rings. The van der Waals surface area contributed by atoms with Gasteiger partial charge in [0.2, 0.25) is 0 Å². The molecule has 0 unspecified atom stereocenters. The quantitative estimate of drug-likeness (QED) is 0.818. The molecule has 1 aliphatic rings. The van der Waals surface area contributed by atoms with Crippen molar-refractivity contribution < 1.29 is 4.79 Å². The van der Waals surface area contributed by atoms with Gasteiger partial charge in [-0.25, -0.2) is 4.98 Å². The summed E-state index contributed by atoms with van der Waals surface area (Å²) in [6.45, 7) is 4.34. The predicted octanol–water partition coefficient (Wildman–Crippen LogP) is 2.59. The number of aryl methyl sites for hydroxylation is 1. The fraction of sp³-hybridized carbons (Fsp3) is 0.467. The highest BCUT2D eigenvalue weighted by atomic mass is 79.9. The first-order valence-electron chi connectivity index (χ1n) is 7.36. The van der Waals surface area contributed by atoms with Gasteiger partial charge in [-0.1, -0.05) is 0 Å². The first-order chi connectivity index (χ1) is 10.6. The van der Waals surface area contributed by atoms with Gasteiger partial charge in [0.05, 0.1) is 15.2 Å². The number of amides is 1. The van der Waals surface area contributed by atoms with Crippen molar-refractivity contribution in [1.29, 1.82) is 0 Å². The number of rotatable bonds is 3. The van der Waals surface area contributed by atoms with Crippen LogP contribution in [0.3, 0.4) is 0 Å². The van der Waals surface area contributed by atoms with Gasteiger partial charge >= 0.3 is 0 Å². The second kappa shape index (κ2) is 6.93. The average Bonchev–Trinajstić information content (AvgIpc) is 3.02. The van der Waals surface area contributed by atoms with Crippen LogP contribution in [0.1, 0.15) is 21.9 Å². The van der Waals surface area contributed by atoms with E-state index in [1.54, 1.807) is 0 Å². The van der Waals surface area contributed by atoms with Crippen LogP contribution in [0.15, 0.2) is 28.3 Å². The van der Waals surface area contributed by atoms with Gasteiger partial charge in [-0.05, 0) is 34.5 Å². The normalized spacial score (nSPS) is 16.7. The summed E-state index contributed by atoms with van der Waals surface area (Å²) in [7, 11) is 2.02. The lowest BCUT2D eigenvalue weighted by Gasteiger charge is -2.21. The molecule has 1 saturated heterocycles. The Kier molecular flexibility index (Phi) is 4.95. The van der Waals surface area contributed by atoms with Gasteiger partial charge in [0, 0.05) is 45.6 Å². The second-order valence-electron chi connectivity index (χ2n) is 5.48. The van der Waals surface area contributed by atoms with E-state index in [4.69, 9.17) is 0 Å². The summed E-state index contributed by atoms with van der Waals surface area (Å²) in [6.07, 6.45) is 4.80. The fourth-order valence-corrected chi connectivity index (χ4v) is 4.02. The van der Waals surface area contributed by atoms with Gasteiger partial charge in [0.15, 0.2) is 0 Å². The Hall–Kier alpha value is -1.18. The van der Waals surface area contributed by atoms with E-state index in [1.165, 1.54) is 11.3 Å². The minimum absolute atomic E-state index is 0.148. The fourth-order valence-electron chi connectivity index (χ4n) is 2.67. The highest BCUT2D eigenvalue weighted by molar-refractivity contribution is 9.11. The Morgan fingerprint density at radius 1 is 1.32 bits per heavy atom. The molecule has 1 fully saturated rings. The van der Waals surface area contributed by atoms with Crippen LogP contribution in [0, 0.1) is 0 Å². The van der Waals surface area contributed by atoms with Crippen molar-refractivity contribution in [1.82, 2.24) is 19.4 Å². The van der Waals surface area contributed by atoms with Crippen LogP contribution in [-0.4, -0.2) is 51.4 Å². The van der Waals surface area contributed by atoms with E-state index in [9.17, 15) is 4.79 Å². The molecule has 3 rings (SSSR count). The number of imidazole rings is 1. The summed E-state index contributed by atoms with van der Waals surface area (Å²) in [5.41, 5.74) is 0. The minimum atomic E-state index is 0.148. The third-order valence-corrected chi connectivity index (χ3v) is 5.56. The molecule has 0 radical (unpaired) electrons. The van der Waals surface area contributed by atoms with E-state index in [2.05, 4.69) is 30.4 Å². The molecule has 0 bridgehead atoms. The number of thiophene rings is 1. The third kappa shape index (κ3) is 3.59. The number of halogens is 1. The zero-order chi connectivity index (χ0) is 15.5. The van der Waals surface area contributed by atoms with Crippen molar-refractivity contribution in [3.63, 3.8) is 0 Å². The first-order valence-corrected chi connectivity index (χ1v) is 8.97. The molecule has 2 aromatic heterocycles. The Balaban J connectivity index is 1.60. The number of aromatic nitrogens is 2. The van der Waals surface area contributed by atoms with Crippen LogP contribution in [0.25, 0.3) is 0 Å². The highest BCUT2D eigenvalue weighted by Crippen LogP contribution is 2.23. The van der Waals surface area contributed by atoms with E-state index in [0.29, 0.717) is 0 Å². The Morgan fingerprint density at radius 3 is 2.86 bits per heavy atom. The maximum Gasteiger partial charge on any atom is 0.264 e. The third-order valence-electron chi connectivity index (χ3n) is 3.95. The van der Waals surface area contributed by atoms with Crippen molar-refractivity contribution in [2.75, 3.05) is 26.2 Å². The van der Waals surface area contributed by atoms with E-state index >= 15 is 0 Å². The smallest absolute Gasteiger partial charge is 0.264 e. The standard InChI is InChI=1S/C15H19BrN4OS/c1-18-8-5-17-14(18)11-19-6-2-7-20(10-9-19)15(21)12-3-4-13(16)22-12/h3-5,8H,2,6-7,9-11H2,1H3. The van der Waals surface area contributed by atoms with E-state index in [1.807, 2.05) is 36.5 Å². The highest BCUT2D eigenvalue weighted by Gasteiger charge is 2.21. The first kappa shape index (κ1) is 15.7. The van der Waals surface area contributed by atoms with Gasteiger partial charge in [-0.2, -0.15) is 0 Å². The topological polar surface area (TPSA) is 41.4 Å². The summed E-state index contributed by atoms with van der Waals surface area (Å²) in [5.74, 6) is 1.22. The maximum atomic E-state index is 12.5. The minimum Gasteiger partial charge on any atom is -0.337 e. The number of carbonyl (C=O) groups is 1. The van der Waals surface area contributed by atoms with E-state index in [-0.39, 0.29) is 5.91 Å². The lowest BCUT2D eigenvalue weighted by molar-refractivity contribution is 0.0766. The van der Waals surface area contributed by atoms with Gasteiger partial charge in [0.1, 0.15) is 5.82 Å². The molecular formula is C15H19BrN4OS. The Bertz CT molecular complexity index is 654. The molecule has 3 heterocycles. The molecule has 5 nitrogen and oxygen atoms in total. The Labute approximate surface area is 142 Å². The van der Waals surface area contributed by atoms with Crippen molar-refractivity contribution in [2.24, 2.45) is 7.05 Å². The molecule has 0 aliphatic carbocycles. The molecule has 118 valence electrons. The van der Waals surface area contributed by atoms with E-state index in [0.717, 1.165) is 53.6 Å². The van der Waals surface area contributed by atoms with Crippen molar-refractivity contribution in [3.05, 3.63) is 39.0 Å². The molecule has 0 spiro atoms. The van der Waals surface area contributed by atoms with Crippen molar-refractivity contribution in [2.45, 2.75) is 13.0 Å². The molecule has 1 aliphatic heterocycles. The zero-order valence-corrected chi connectivity index (χ0v) is 14.9. The zero-order valence-electron chi connectivity index (χ0n) is 12.5. The van der Waals surface area contributed by atoms with Crippen LogP contribution in [0.5, 0.6) is 0 Å². The molecule has 0 atom stereocenters. The van der Waals surface area contributed by atoms with Crippen LogP contribution in [-0.2, 0) is 13.6 Å². The summed E-state index contributed by atoms with van der Waals surface area (Å²) < 4.78 is 3.05. The summed E-state index contributed by atoms with van der Waals surface area (Å²) in [4.78, 5) is 22.1. The number of nitrogens with zero attached hydrogens (tertiary/aromatic N) is 4. The number of carbonyl (C=O) groups excluding carboxylic acids is 1. The van der Waals surface area contributed by atoms with Gasteiger partial charge in [0.25, 0.3) is 5.91 Å². The summed E-state index contributed by atoms with van der Waals surface area (Å²) in [5, 5.41) is 0. The lowest BCUT2D eigenvalue weighted by atomic mass is 10.3. The summed E-state index contributed by atoms with van der Waals surface area (Å²) >= 11 is 4.92. The lowest BCUT2D eigenvalue weighted by Crippen LogP contribution is -2.34. The van der Waals surface area contributed by atoms with Crippen LogP contribution in [0.4, 0.5) is 0 Å². The number of hydrogen-bond donors (Lipinski definition) is 0. The largest absolute Gasteiger partial charge is 0.337 e. The van der Waals surface area contributed by atoms with Gasteiger partial charge in [-0.15, -0.1) is 11.3 Å². The van der Waals surface area contributed by atoms with E-state index < -0.39 is 0 Å². The monoisotopic (exact) mass is 382 g/mol. The van der Waals surface area contributed by atoms with Crippen molar-refractivity contribution in [3.8, 4) is 0 Å². The molecule has 1 amide bonds. The molecule has 0 aromatic carbocycles. The molecule has 0 N–H and O–H groups in total.